The molecule has 0 bridgehead atoms. The number of nitrogen functional groups attached to an aromatic ring is 1. The van der Waals surface area contributed by atoms with Crippen LogP contribution in [-0.4, -0.2) is 81.1 Å². The third-order valence-corrected chi connectivity index (χ3v) is 6.82. The molecule has 3 aromatic rings. The lowest BCUT2D eigenvalue weighted by atomic mass is 10.1. The lowest BCUT2D eigenvalue weighted by Crippen LogP contribution is -2.41. The number of carbonyl (C=O) groups is 1. The first-order valence-electron chi connectivity index (χ1n) is 12.6. The van der Waals surface area contributed by atoms with Gasteiger partial charge in [-0.05, 0) is 39.8 Å². The first-order valence-corrected chi connectivity index (χ1v) is 12.6. The minimum atomic E-state index is -0.732. The number of rotatable bonds is 9. The van der Waals surface area contributed by atoms with Gasteiger partial charge in [0.25, 0.3) is 0 Å². The quantitative estimate of drug-likeness (QED) is 0.444. The van der Waals surface area contributed by atoms with Crippen LogP contribution in [0.5, 0.6) is 0 Å². The van der Waals surface area contributed by atoms with Crippen LogP contribution in [0.3, 0.4) is 0 Å². The van der Waals surface area contributed by atoms with E-state index in [-0.39, 0.29) is 24.2 Å². The topological polar surface area (TPSA) is 130 Å². The Morgan fingerprint density at radius 2 is 2.03 bits per heavy atom. The van der Waals surface area contributed by atoms with Gasteiger partial charge in [-0.2, -0.15) is 0 Å². The largest absolute Gasteiger partial charge is 0.382 e. The number of anilines is 1. The third-order valence-electron chi connectivity index (χ3n) is 6.82. The van der Waals surface area contributed by atoms with Crippen LogP contribution in [0, 0.1) is 6.92 Å². The number of nitrogens with one attached hydrogen (secondary N) is 1. The molecule has 5 rings (SSSR count). The van der Waals surface area contributed by atoms with Crippen molar-refractivity contribution in [3.63, 3.8) is 0 Å². The lowest BCUT2D eigenvalue weighted by Gasteiger charge is -2.27. The fraction of sp³-hybridized carbons (Fsp3) is 0.538. The van der Waals surface area contributed by atoms with Gasteiger partial charge in [-0.25, -0.2) is 15.0 Å². The summed E-state index contributed by atoms with van der Waals surface area (Å²) >= 11 is 0. The maximum absolute atomic E-state index is 12.3. The maximum atomic E-state index is 12.3. The number of carbonyl (C=O) groups excluding carboxylic acids is 1. The van der Waals surface area contributed by atoms with Crippen LogP contribution in [0.15, 0.2) is 36.9 Å². The summed E-state index contributed by atoms with van der Waals surface area (Å²) in [4.78, 5) is 27.2. The molecule has 1 aromatic carbocycles. The number of benzene rings is 1. The number of nitrogens with zero attached hydrogens (tertiary/aromatic N) is 5. The summed E-state index contributed by atoms with van der Waals surface area (Å²) in [5.74, 6) is -0.363. The van der Waals surface area contributed by atoms with E-state index < -0.39 is 12.0 Å². The first kappa shape index (κ1) is 25.5. The molecule has 37 heavy (non-hydrogen) atoms. The second-order valence-electron chi connectivity index (χ2n) is 10.3. The van der Waals surface area contributed by atoms with Crippen molar-refractivity contribution in [1.82, 2.24) is 29.7 Å². The summed E-state index contributed by atoms with van der Waals surface area (Å²) in [7, 11) is 2.01. The number of imidazole rings is 1. The molecule has 2 aromatic heterocycles. The molecule has 0 aliphatic carbocycles. The van der Waals surface area contributed by atoms with E-state index >= 15 is 0 Å². The second kappa shape index (κ2) is 10.3. The molecule has 11 heteroatoms. The smallest absolute Gasteiger partial charge is 0.220 e. The van der Waals surface area contributed by atoms with Gasteiger partial charge >= 0.3 is 0 Å². The zero-order chi connectivity index (χ0) is 26.2. The van der Waals surface area contributed by atoms with Gasteiger partial charge in [0.05, 0.1) is 6.33 Å². The van der Waals surface area contributed by atoms with Gasteiger partial charge in [0.1, 0.15) is 30.2 Å². The fourth-order valence-corrected chi connectivity index (χ4v) is 5.08. The van der Waals surface area contributed by atoms with Crippen molar-refractivity contribution in [3.05, 3.63) is 48.0 Å². The van der Waals surface area contributed by atoms with E-state index in [1.807, 2.05) is 31.5 Å². The Morgan fingerprint density at radius 1 is 1.22 bits per heavy atom. The monoisotopic (exact) mass is 509 g/mol. The molecule has 3 N–H and O–H groups in total. The number of fused-ring (bicyclic) bond motifs is 2. The molecule has 11 nitrogen and oxygen atoms in total. The summed E-state index contributed by atoms with van der Waals surface area (Å²) < 4.78 is 20.8. The number of hydrogen-bond donors (Lipinski definition) is 2. The first-order chi connectivity index (χ1) is 17.7. The summed E-state index contributed by atoms with van der Waals surface area (Å²) in [5.41, 5.74) is 9.47. The zero-order valence-corrected chi connectivity index (χ0v) is 21.8. The Bertz CT molecular complexity index is 1260. The average Bonchev–Trinajstić information content (AvgIpc) is 3.50. The van der Waals surface area contributed by atoms with E-state index in [9.17, 15) is 4.79 Å². The van der Waals surface area contributed by atoms with Crippen LogP contribution in [0.2, 0.25) is 0 Å². The van der Waals surface area contributed by atoms with Crippen LogP contribution < -0.4 is 11.1 Å². The van der Waals surface area contributed by atoms with E-state index in [0.717, 1.165) is 6.42 Å². The van der Waals surface area contributed by atoms with Gasteiger partial charge in [-0.1, -0.05) is 29.8 Å². The van der Waals surface area contributed by atoms with Gasteiger partial charge in [-0.3, -0.25) is 9.36 Å². The Kier molecular flexibility index (Phi) is 7.13. The predicted octanol–water partition coefficient (Wildman–Crippen LogP) is 1.82. The fourth-order valence-electron chi connectivity index (χ4n) is 5.08. The van der Waals surface area contributed by atoms with Crippen LogP contribution in [-0.2, 0) is 25.4 Å². The molecule has 2 aliphatic rings. The van der Waals surface area contributed by atoms with E-state index in [0.29, 0.717) is 43.0 Å². The number of aromatic nitrogens is 4. The Balaban J connectivity index is 1.17. The second-order valence-corrected chi connectivity index (χ2v) is 10.3. The Morgan fingerprint density at radius 3 is 2.84 bits per heavy atom. The van der Waals surface area contributed by atoms with E-state index in [2.05, 4.69) is 50.3 Å². The van der Waals surface area contributed by atoms with Gasteiger partial charge in [-0.15, -0.1) is 0 Å². The summed E-state index contributed by atoms with van der Waals surface area (Å²) in [6.45, 7) is 7.71. The van der Waals surface area contributed by atoms with Gasteiger partial charge in [0.2, 0.25) is 5.91 Å². The van der Waals surface area contributed by atoms with Crippen molar-refractivity contribution in [2.75, 3.05) is 32.4 Å². The molecular formula is C26H35N7O4. The van der Waals surface area contributed by atoms with Crippen LogP contribution in [0.25, 0.3) is 11.2 Å². The lowest BCUT2D eigenvalue weighted by molar-refractivity contribution is -0.197. The molecular weight excluding hydrogens is 474 g/mol. The predicted molar refractivity (Wildman–Crippen MR) is 137 cm³/mol. The maximum Gasteiger partial charge on any atom is 0.220 e. The standard InChI is InChI=1S/C26H35N7O4/c1-16-6-5-7-17(12-16)8-9-19(34)28-10-11-32(4)13-18-21-22(37-26(2,3)36-21)25(35-18)33-15-31-20-23(27)29-14-30-24(20)33/h5-7,12,14-15,18,21-22,25H,8-11,13H2,1-4H3,(H,28,34)(H2,27,29,30)/t18-,21-,22-,25-/m1/s1. The molecule has 0 radical (unpaired) electrons. The Labute approximate surface area is 216 Å². The number of nitrogens with two attached hydrogens (primary N) is 1. The summed E-state index contributed by atoms with van der Waals surface area (Å²) in [6, 6.07) is 8.26. The van der Waals surface area contributed by atoms with E-state index in [1.165, 1.54) is 17.5 Å². The minimum Gasteiger partial charge on any atom is -0.382 e. The molecule has 4 atom stereocenters. The molecule has 1 amide bonds. The number of likely N-dealkylation sites (N-methyl/N-ethyl adjacent to an activating group) is 1. The zero-order valence-electron chi connectivity index (χ0n) is 21.8. The number of ether oxygens (including phenoxy) is 3. The Hall–Kier alpha value is -3.12. The normalized spacial score (nSPS) is 24.6. The molecule has 2 fully saturated rings. The van der Waals surface area contributed by atoms with Crippen LogP contribution in [0.1, 0.15) is 37.6 Å². The molecule has 198 valence electrons. The number of aryl methyl sites for hydroxylation is 2. The van der Waals surface area contributed by atoms with Crippen molar-refractivity contribution in [1.29, 1.82) is 0 Å². The van der Waals surface area contributed by atoms with E-state index in [4.69, 9.17) is 19.9 Å². The summed E-state index contributed by atoms with van der Waals surface area (Å²) in [6.07, 6.45) is 2.98. The molecule has 0 unspecified atom stereocenters. The third kappa shape index (κ3) is 5.59. The van der Waals surface area contributed by atoms with Crippen LogP contribution in [0.4, 0.5) is 5.82 Å². The van der Waals surface area contributed by atoms with Crippen molar-refractivity contribution in [2.45, 2.75) is 63.9 Å². The number of amides is 1. The molecule has 4 heterocycles. The van der Waals surface area contributed by atoms with Gasteiger partial charge < -0.3 is 30.2 Å². The molecule has 2 aliphatic heterocycles. The minimum absolute atomic E-state index is 0.0506. The SMILES string of the molecule is Cc1cccc(CCC(=O)NCCN(C)C[C@H]2O[C@@H](n3cnc4c(N)ncnc43)[C@@H]3OC(C)(C)O[C@@H]32)c1. The highest BCUT2D eigenvalue weighted by molar-refractivity contribution is 5.81. The number of hydrogen-bond acceptors (Lipinski definition) is 9. The van der Waals surface area contributed by atoms with Crippen LogP contribution >= 0.6 is 0 Å². The van der Waals surface area contributed by atoms with Crippen molar-refractivity contribution >= 4 is 22.9 Å². The van der Waals surface area contributed by atoms with Crippen molar-refractivity contribution in [3.8, 4) is 0 Å². The van der Waals surface area contributed by atoms with Gasteiger partial charge in [0.15, 0.2) is 23.5 Å². The summed E-state index contributed by atoms with van der Waals surface area (Å²) in [5, 5.41) is 3.02. The highest BCUT2D eigenvalue weighted by Gasteiger charge is 2.56. The highest BCUT2D eigenvalue weighted by atomic mass is 16.8. The van der Waals surface area contributed by atoms with Gasteiger partial charge in [0, 0.05) is 26.1 Å². The molecule has 0 saturated carbocycles. The highest BCUT2D eigenvalue weighted by Crippen LogP contribution is 2.44. The average molecular weight is 510 g/mol. The van der Waals surface area contributed by atoms with E-state index in [1.54, 1.807) is 6.33 Å². The molecule has 0 spiro atoms. The molecule has 2 saturated heterocycles. The van der Waals surface area contributed by atoms with Crippen molar-refractivity contribution < 1.29 is 19.0 Å². The van der Waals surface area contributed by atoms with Crippen molar-refractivity contribution in [2.24, 2.45) is 0 Å².